The third-order valence-electron chi connectivity index (χ3n) is 10.9. The SMILES string of the molecule is CCCCCC(O)CCC(CCCCCCCCC(=O)[O-])OCc1ccccc1.CCCCCC(O)CCC(CCCCCCCCC(=O)[O-])OCc1ccccc1.[Ba+2]. The fourth-order valence-corrected chi connectivity index (χ4v) is 7.20. The number of carboxylic acids is 2. The van der Waals surface area contributed by atoms with E-state index in [1.807, 2.05) is 36.4 Å². The van der Waals surface area contributed by atoms with Crippen LogP contribution in [0.5, 0.6) is 0 Å². The fourth-order valence-electron chi connectivity index (χ4n) is 7.20. The number of benzene rings is 2. The minimum atomic E-state index is -0.944. The van der Waals surface area contributed by atoms with Gasteiger partial charge in [-0.2, -0.15) is 0 Å². The molecular weight excluding hydrogens is 866 g/mol. The van der Waals surface area contributed by atoms with Gasteiger partial charge < -0.3 is 39.5 Å². The van der Waals surface area contributed by atoms with Gasteiger partial charge in [0, 0.05) is 11.9 Å². The van der Waals surface area contributed by atoms with E-state index in [9.17, 15) is 30.0 Å². The van der Waals surface area contributed by atoms with Gasteiger partial charge in [0.1, 0.15) is 0 Å². The number of hydrogen-bond acceptors (Lipinski definition) is 8. The molecule has 9 heteroatoms. The van der Waals surface area contributed by atoms with Crippen LogP contribution in [0, 0.1) is 0 Å². The molecule has 0 aliphatic heterocycles. The molecule has 0 spiro atoms. The molecule has 59 heavy (non-hydrogen) atoms. The van der Waals surface area contributed by atoms with E-state index >= 15 is 0 Å². The maximum atomic E-state index is 10.4. The van der Waals surface area contributed by atoms with Crippen LogP contribution in [0.3, 0.4) is 0 Å². The first-order valence-electron chi connectivity index (χ1n) is 23.3. The van der Waals surface area contributed by atoms with Crippen molar-refractivity contribution in [3.63, 3.8) is 0 Å². The van der Waals surface area contributed by atoms with Crippen molar-refractivity contribution >= 4 is 60.8 Å². The van der Waals surface area contributed by atoms with Crippen LogP contribution in [0.15, 0.2) is 60.7 Å². The first kappa shape index (κ1) is 57.8. The zero-order valence-corrected chi connectivity index (χ0v) is 41.8. The van der Waals surface area contributed by atoms with E-state index in [-0.39, 0.29) is 86.1 Å². The molecule has 2 rings (SSSR count). The van der Waals surface area contributed by atoms with E-state index in [4.69, 9.17) is 9.47 Å². The summed E-state index contributed by atoms with van der Waals surface area (Å²) in [4.78, 5) is 20.8. The van der Waals surface area contributed by atoms with E-state index in [1.54, 1.807) is 0 Å². The Hall–Kier alpha value is -1.21. The minimum Gasteiger partial charge on any atom is -0.550 e. The number of rotatable bonds is 38. The van der Waals surface area contributed by atoms with E-state index in [2.05, 4.69) is 38.1 Å². The summed E-state index contributed by atoms with van der Waals surface area (Å²) in [6, 6.07) is 20.5. The Morgan fingerprint density at radius 3 is 1.12 bits per heavy atom. The number of carbonyl (C=O) groups is 2. The normalized spacial score (nSPS) is 13.1. The minimum absolute atomic E-state index is 0. The van der Waals surface area contributed by atoms with E-state index < -0.39 is 11.9 Å². The average Bonchev–Trinajstić information content (AvgIpc) is 3.22. The number of aliphatic hydroxyl groups excluding tert-OH is 2. The molecule has 4 unspecified atom stereocenters. The summed E-state index contributed by atoms with van der Waals surface area (Å²) < 4.78 is 12.4. The van der Waals surface area contributed by atoms with Crippen LogP contribution >= 0.6 is 0 Å². The molecule has 0 amide bonds. The number of unbranched alkanes of at least 4 members (excludes halogenated alkanes) is 14. The first-order chi connectivity index (χ1) is 28.2. The number of aliphatic hydroxyl groups is 2. The Morgan fingerprint density at radius 2 is 0.780 bits per heavy atom. The van der Waals surface area contributed by atoms with E-state index in [0.717, 1.165) is 141 Å². The maximum absolute atomic E-state index is 10.4. The van der Waals surface area contributed by atoms with E-state index in [1.165, 1.54) is 36.8 Å². The van der Waals surface area contributed by atoms with Crippen LogP contribution in [0.25, 0.3) is 0 Å². The Balaban J connectivity index is 0.00000112. The molecule has 8 nitrogen and oxygen atoms in total. The Labute approximate surface area is 400 Å². The zero-order chi connectivity index (χ0) is 42.3. The third-order valence-corrected chi connectivity index (χ3v) is 10.9. The Morgan fingerprint density at radius 1 is 0.458 bits per heavy atom. The van der Waals surface area contributed by atoms with Crippen LogP contribution in [-0.4, -0.2) is 95.4 Å². The molecule has 0 heterocycles. The molecule has 0 aliphatic carbocycles. The van der Waals surface area contributed by atoms with Gasteiger partial charge in [-0.1, -0.05) is 177 Å². The molecule has 4 atom stereocenters. The molecule has 2 aromatic rings. The van der Waals surface area contributed by atoms with Gasteiger partial charge in [0.05, 0.1) is 37.6 Å². The molecule has 0 bridgehead atoms. The van der Waals surface area contributed by atoms with Gasteiger partial charge in [-0.15, -0.1) is 0 Å². The predicted molar refractivity (Wildman–Crippen MR) is 238 cm³/mol. The quantitative estimate of drug-likeness (QED) is 0.0501. The van der Waals surface area contributed by atoms with Crippen molar-refractivity contribution in [1.82, 2.24) is 0 Å². The van der Waals surface area contributed by atoms with Gasteiger partial charge in [-0.25, -0.2) is 0 Å². The molecule has 332 valence electrons. The second kappa shape index (κ2) is 42.1. The molecule has 0 aromatic heterocycles. The van der Waals surface area contributed by atoms with Crippen LogP contribution in [0.1, 0.15) is 205 Å². The van der Waals surface area contributed by atoms with Crippen molar-refractivity contribution in [3.8, 4) is 0 Å². The number of ether oxygens (including phenoxy) is 2. The third kappa shape index (κ3) is 38.2. The summed E-state index contributed by atoms with van der Waals surface area (Å²) in [7, 11) is 0. The van der Waals surface area contributed by atoms with Crippen molar-refractivity contribution in [2.24, 2.45) is 0 Å². The summed E-state index contributed by atoms with van der Waals surface area (Å²) in [6.45, 7) is 5.62. The summed E-state index contributed by atoms with van der Waals surface area (Å²) in [5.74, 6) is -1.89. The summed E-state index contributed by atoms with van der Waals surface area (Å²) in [6.07, 6.45) is 26.9. The van der Waals surface area contributed by atoms with Gasteiger partial charge in [-0.3, -0.25) is 0 Å². The van der Waals surface area contributed by atoms with Gasteiger partial charge in [0.25, 0.3) is 0 Å². The Bertz CT molecular complexity index is 1110. The molecule has 2 N–H and O–H groups in total. The van der Waals surface area contributed by atoms with Gasteiger partial charge in [0.15, 0.2) is 0 Å². The Kier molecular flexibility index (Phi) is 41.2. The van der Waals surface area contributed by atoms with Crippen LogP contribution in [0.4, 0.5) is 0 Å². The number of hydrogen-bond donors (Lipinski definition) is 2. The smallest absolute Gasteiger partial charge is 0.550 e. The van der Waals surface area contributed by atoms with Crippen molar-refractivity contribution in [2.75, 3.05) is 0 Å². The van der Waals surface area contributed by atoms with Crippen LogP contribution in [-0.2, 0) is 32.3 Å². The number of carbonyl (C=O) groups excluding carboxylic acids is 2. The van der Waals surface area contributed by atoms with Gasteiger partial charge >= 0.3 is 48.9 Å². The molecular formula is C50H82BaO8. The second-order valence-electron chi connectivity index (χ2n) is 16.4. The average molecular weight is 949 g/mol. The summed E-state index contributed by atoms with van der Waals surface area (Å²) in [5, 5.41) is 41.3. The molecule has 0 fully saturated rings. The molecule has 0 radical (unpaired) electrons. The number of aliphatic carboxylic acids is 2. The summed E-state index contributed by atoms with van der Waals surface area (Å²) in [5.41, 5.74) is 2.38. The maximum Gasteiger partial charge on any atom is 2.00 e. The molecule has 0 saturated carbocycles. The predicted octanol–water partition coefficient (Wildman–Crippen LogP) is 9.95. The topological polar surface area (TPSA) is 139 Å². The van der Waals surface area contributed by atoms with Crippen molar-refractivity contribution < 1.29 is 39.5 Å². The van der Waals surface area contributed by atoms with Crippen LogP contribution < -0.4 is 10.2 Å². The second-order valence-corrected chi connectivity index (χ2v) is 16.4. The molecule has 2 aromatic carbocycles. The fraction of sp³-hybridized carbons (Fsp3) is 0.720. The van der Waals surface area contributed by atoms with Crippen LogP contribution in [0.2, 0.25) is 0 Å². The van der Waals surface area contributed by atoms with Crippen molar-refractivity contribution in [3.05, 3.63) is 71.8 Å². The van der Waals surface area contributed by atoms with Crippen molar-refractivity contribution in [1.29, 1.82) is 0 Å². The number of carboxylic acid groups (broad SMARTS) is 2. The van der Waals surface area contributed by atoms with Gasteiger partial charge in [-0.05, 0) is 88.2 Å². The largest absolute Gasteiger partial charge is 2.00 e. The van der Waals surface area contributed by atoms with E-state index in [0.29, 0.717) is 13.2 Å². The first-order valence-corrected chi connectivity index (χ1v) is 23.3. The van der Waals surface area contributed by atoms with Crippen molar-refractivity contribution in [2.45, 2.75) is 231 Å². The zero-order valence-electron chi connectivity index (χ0n) is 37.3. The monoisotopic (exact) mass is 949 g/mol. The molecule has 0 saturated heterocycles. The standard InChI is InChI=1S/2C25H42O4.Ba/c2*1-2-3-9-16-23(26)19-20-24(29-21-22-14-10-8-11-15-22)17-12-6-4-5-7-13-18-25(27)28;/h2*8,10-11,14-15,23-24,26H,2-7,9,12-13,16-21H2,1H3,(H,27,28);/q;;+2/p-2. The molecule has 0 aliphatic rings. The summed E-state index contributed by atoms with van der Waals surface area (Å²) >= 11 is 0. The van der Waals surface area contributed by atoms with Gasteiger partial charge in [0.2, 0.25) is 0 Å².